The molecule has 0 aliphatic carbocycles. The predicted octanol–water partition coefficient (Wildman–Crippen LogP) is 19.9. The minimum absolute atomic E-state index is 0.0618. The van der Waals surface area contributed by atoms with Crippen LogP contribution in [-0.4, -0.2) is 37.2 Å². The molecule has 0 aromatic rings. The minimum Gasteiger partial charge on any atom is -0.462 e. The third-order valence-electron chi connectivity index (χ3n) is 13.9. The van der Waals surface area contributed by atoms with E-state index in [-0.39, 0.29) is 31.1 Å². The molecule has 6 nitrogen and oxygen atoms in total. The smallest absolute Gasteiger partial charge is 0.306 e. The van der Waals surface area contributed by atoms with Gasteiger partial charge in [-0.05, 0) is 19.3 Å². The fraction of sp³-hybridized carbons (Fsp3) is 0.950. The van der Waals surface area contributed by atoms with Crippen LogP contribution in [0.3, 0.4) is 0 Å². The molecule has 392 valence electrons. The fourth-order valence-corrected chi connectivity index (χ4v) is 9.33. The van der Waals surface area contributed by atoms with Gasteiger partial charge in [-0.25, -0.2) is 0 Å². The minimum atomic E-state index is -0.759. The number of rotatable bonds is 56. The highest BCUT2D eigenvalue weighted by Crippen LogP contribution is 2.18. The van der Waals surface area contributed by atoms with Gasteiger partial charge in [0.2, 0.25) is 0 Å². The molecule has 0 aromatic carbocycles. The maximum atomic E-state index is 12.8. The lowest BCUT2D eigenvalue weighted by atomic mass is 10.0. The number of hydrogen-bond donors (Lipinski definition) is 0. The quantitative estimate of drug-likeness (QED) is 0.0343. The molecule has 0 radical (unpaired) electrons. The van der Waals surface area contributed by atoms with Crippen molar-refractivity contribution in [1.82, 2.24) is 0 Å². The molecular weight excluding hydrogens is 817 g/mol. The predicted molar refractivity (Wildman–Crippen MR) is 284 cm³/mol. The number of ether oxygens (including phenoxy) is 3. The molecule has 0 amide bonds. The fourth-order valence-electron chi connectivity index (χ4n) is 9.33. The van der Waals surface area contributed by atoms with Crippen molar-refractivity contribution in [3.8, 4) is 0 Å². The lowest BCUT2D eigenvalue weighted by Gasteiger charge is -2.18. The zero-order valence-corrected chi connectivity index (χ0v) is 45.0. The SMILES string of the molecule is CCCCCCCCCCCCCCCCCCCCCCCCCCCCCCC(=O)OCC(COC(=O)CCCCCCCCCCC)OC(=O)CCCCCCCCCCCCC. The first-order valence-electron chi connectivity index (χ1n) is 30.0. The Bertz CT molecular complexity index is 982. The van der Waals surface area contributed by atoms with Crippen molar-refractivity contribution in [2.75, 3.05) is 13.2 Å². The maximum Gasteiger partial charge on any atom is 0.306 e. The molecule has 0 heterocycles. The summed E-state index contributed by atoms with van der Waals surface area (Å²) in [6.45, 7) is 6.67. The Balaban J connectivity index is 3.99. The zero-order chi connectivity index (χ0) is 47.9. The lowest BCUT2D eigenvalue weighted by Crippen LogP contribution is -2.30. The van der Waals surface area contributed by atoms with Crippen LogP contribution in [-0.2, 0) is 28.6 Å². The van der Waals surface area contributed by atoms with Crippen LogP contribution in [0.25, 0.3) is 0 Å². The summed E-state index contributed by atoms with van der Waals surface area (Å²) in [5, 5.41) is 0. The first-order valence-corrected chi connectivity index (χ1v) is 30.0. The van der Waals surface area contributed by atoms with Crippen molar-refractivity contribution in [3.63, 3.8) is 0 Å². The molecule has 6 heteroatoms. The van der Waals surface area contributed by atoms with Crippen molar-refractivity contribution in [1.29, 1.82) is 0 Å². The summed E-state index contributed by atoms with van der Waals surface area (Å²) in [6, 6.07) is 0. The molecule has 0 aliphatic heterocycles. The van der Waals surface area contributed by atoms with E-state index >= 15 is 0 Å². The number of hydrogen-bond acceptors (Lipinski definition) is 6. The van der Waals surface area contributed by atoms with Gasteiger partial charge in [0.05, 0.1) is 0 Å². The second kappa shape index (κ2) is 56.0. The first kappa shape index (κ1) is 64.4. The summed E-state index contributed by atoms with van der Waals surface area (Å²) >= 11 is 0. The Morgan fingerprint density at radius 3 is 0.606 bits per heavy atom. The standard InChI is InChI=1S/C60H116O6/c1-4-7-10-13-16-19-21-22-23-24-25-26-27-28-29-30-31-32-33-34-35-36-37-39-41-44-47-50-53-59(62)65-56-57(55-64-58(61)52-49-46-43-40-18-15-12-9-6-3)66-60(63)54-51-48-45-42-38-20-17-14-11-8-5-2/h57H,4-56H2,1-3H3. The highest BCUT2D eigenvalue weighted by Gasteiger charge is 2.19. The molecule has 0 spiro atoms. The van der Waals surface area contributed by atoms with Gasteiger partial charge in [-0.1, -0.05) is 310 Å². The summed E-state index contributed by atoms with van der Waals surface area (Å²) in [6.07, 6.45) is 62.8. The van der Waals surface area contributed by atoms with Crippen LogP contribution in [0, 0.1) is 0 Å². The number of unbranched alkanes of at least 4 members (excludes halogenated alkanes) is 45. The van der Waals surface area contributed by atoms with E-state index in [1.807, 2.05) is 0 Å². The number of carbonyl (C=O) groups excluding carboxylic acids is 3. The second-order valence-electron chi connectivity index (χ2n) is 20.6. The normalized spacial score (nSPS) is 11.9. The van der Waals surface area contributed by atoms with E-state index in [9.17, 15) is 14.4 Å². The van der Waals surface area contributed by atoms with E-state index in [1.54, 1.807) is 0 Å². The van der Waals surface area contributed by atoms with Crippen molar-refractivity contribution in [3.05, 3.63) is 0 Å². The number of esters is 3. The molecule has 0 fully saturated rings. The van der Waals surface area contributed by atoms with E-state index in [0.29, 0.717) is 19.3 Å². The molecule has 0 saturated heterocycles. The lowest BCUT2D eigenvalue weighted by molar-refractivity contribution is -0.167. The van der Waals surface area contributed by atoms with Crippen LogP contribution in [0.1, 0.15) is 348 Å². The van der Waals surface area contributed by atoms with Crippen LogP contribution in [0.5, 0.6) is 0 Å². The summed E-state index contributed by atoms with van der Waals surface area (Å²) in [5.74, 6) is -0.841. The summed E-state index contributed by atoms with van der Waals surface area (Å²) in [5.41, 5.74) is 0. The Morgan fingerprint density at radius 1 is 0.242 bits per heavy atom. The highest BCUT2D eigenvalue weighted by atomic mass is 16.6. The van der Waals surface area contributed by atoms with Crippen molar-refractivity contribution in [2.24, 2.45) is 0 Å². The molecule has 1 unspecified atom stereocenters. The molecule has 0 aliphatic rings. The van der Waals surface area contributed by atoms with Crippen LogP contribution in [0.2, 0.25) is 0 Å². The summed E-state index contributed by atoms with van der Waals surface area (Å²) in [4.78, 5) is 37.9. The first-order chi connectivity index (χ1) is 32.5. The van der Waals surface area contributed by atoms with Crippen molar-refractivity contribution in [2.45, 2.75) is 354 Å². The van der Waals surface area contributed by atoms with Gasteiger partial charge >= 0.3 is 17.9 Å². The van der Waals surface area contributed by atoms with Crippen LogP contribution >= 0.6 is 0 Å². The Kier molecular flexibility index (Phi) is 54.7. The van der Waals surface area contributed by atoms with Crippen LogP contribution in [0.15, 0.2) is 0 Å². The Hall–Kier alpha value is -1.59. The van der Waals surface area contributed by atoms with E-state index in [2.05, 4.69) is 20.8 Å². The highest BCUT2D eigenvalue weighted by molar-refractivity contribution is 5.71. The average molecular weight is 934 g/mol. The second-order valence-corrected chi connectivity index (χ2v) is 20.6. The van der Waals surface area contributed by atoms with E-state index in [0.717, 1.165) is 57.8 Å². The monoisotopic (exact) mass is 933 g/mol. The molecule has 0 N–H and O–H groups in total. The molecule has 66 heavy (non-hydrogen) atoms. The third kappa shape index (κ3) is 53.4. The van der Waals surface area contributed by atoms with E-state index < -0.39 is 6.10 Å². The van der Waals surface area contributed by atoms with Gasteiger partial charge in [-0.3, -0.25) is 14.4 Å². The van der Waals surface area contributed by atoms with E-state index in [1.165, 1.54) is 250 Å². The van der Waals surface area contributed by atoms with Crippen molar-refractivity contribution >= 4 is 17.9 Å². The molecule has 0 aromatic heterocycles. The average Bonchev–Trinajstić information content (AvgIpc) is 3.31. The molecule has 0 saturated carbocycles. The summed E-state index contributed by atoms with van der Waals surface area (Å²) in [7, 11) is 0. The molecule has 1 atom stereocenters. The molecule has 0 rings (SSSR count). The summed E-state index contributed by atoms with van der Waals surface area (Å²) < 4.78 is 16.8. The maximum absolute atomic E-state index is 12.8. The Morgan fingerprint density at radius 2 is 0.409 bits per heavy atom. The van der Waals surface area contributed by atoms with Gasteiger partial charge in [0, 0.05) is 19.3 Å². The van der Waals surface area contributed by atoms with Gasteiger partial charge < -0.3 is 14.2 Å². The molecule has 0 bridgehead atoms. The largest absolute Gasteiger partial charge is 0.462 e. The third-order valence-corrected chi connectivity index (χ3v) is 13.9. The van der Waals surface area contributed by atoms with Gasteiger partial charge in [-0.15, -0.1) is 0 Å². The van der Waals surface area contributed by atoms with Gasteiger partial charge in [-0.2, -0.15) is 0 Å². The van der Waals surface area contributed by atoms with Crippen LogP contribution < -0.4 is 0 Å². The van der Waals surface area contributed by atoms with Gasteiger partial charge in [0.25, 0.3) is 0 Å². The molecular formula is C60H116O6. The van der Waals surface area contributed by atoms with Crippen molar-refractivity contribution < 1.29 is 28.6 Å². The van der Waals surface area contributed by atoms with Gasteiger partial charge in [0.1, 0.15) is 13.2 Å². The van der Waals surface area contributed by atoms with Crippen LogP contribution in [0.4, 0.5) is 0 Å². The van der Waals surface area contributed by atoms with E-state index in [4.69, 9.17) is 14.2 Å². The Labute approximate surface area is 412 Å². The topological polar surface area (TPSA) is 78.9 Å². The number of carbonyl (C=O) groups is 3. The zero-order valence-electron chi connectivity index (χ0n) is 45.0. The van der Waals surface area contributed by atoms with Gasteiger partial charge in [0.15, 0.2) is 6.10 Å².